The third-order valence-corrected chi connectivity index (χ3v) is 2.85. The molecule has 1 atom stereocenters. The van der Waals surface area contributed by atoms with Gasteiger partial charge in [0.2, 0.25) is 0 Å². The van der Waals surface area contributed by atoms with E-state index in [-0.39, 0.29) is 11.8 Å². The van der Waals surface area contributed by atoms with Gasteiger partial charge in [-0.2, -0.15) is 0 Å². The second kappa shape index (κ2) is 6.53. The molecule has 4 nitrogen and oxygen atoms in total. The van der Waals surface area contributed by atoms with Gasteiger partial charge in [0.15, 0.2) is 0 Å². The molecule has 112 valence electrons. The van der Waals surface area contributed by atoms with E-state index in [4.69, 9.17) is 0 Å². The molecule has 7 heteroatoms. The summed E-state index contributed by atoms with van der Waals surface area (Å²) in [5, 5.41) is 3.23. The van der Waals surface area contributed by atoms with Crippen LogP contribution in [-0.4, -0.2) is 16.3 Å². The Morgan fingerprint density at radius 2 is 1.90 bits per heavy atom. The average molecular weight is 297 g/mol. The summed E-state index contributed by atoms with van der Waals surface area (Å²) >= 11 is 0. The molecule has 0 radical (unpaired) electrons. The number of alkyl halides is 3. The van der Waals surface area contributed by atoms with Gasteiger partial charge in [-0.3, -0.25) is 0 Å². The van der Waals surface area contributed by atoms with E-state index in [2.05, 4.69) is 20.0 Å². The molecule has 0 aliphatic heterocycles. The van der Waals surface area contributed by atoms with E-state index in [1.165, 1.54) is 18.5 Å². The molecule has 1 aromatic carbocycles. The largest absolute Gasteiger partial charge is 0.573 e. The fraction of sp³-hybridized carbons (Fsp3) is 0.286. The number of benzene rings is 1. The summed E-state index contributed by atoms with van der Waals surface area (Å²) in [5.74, 6) is -0.228. The molecule has 2 aromatic rings. The summed E-state index contributed by atoms with van der Waals surface area (Å²) in [5.41, 5.74) is 1.70. The summed E-state index contributed by atoms with van der Waals surface area (Å²) < 4.78 is 40.0. The van der Waals surface area contributed by atoms with Gasteiger partial charge in [-0.05, 0) is 30.7 Å². The van der Waals surface area contributed by atoms with Crippen molar-refractivity contribution in [3.8, 4) is 5.75 Å². The van der Waals surface area contributed by atoms with Crippen molar-refractivity contribution in [3.05, 3.63) is 54.1 Å². The van der Waals surface area contributed by atoms with Crippen LogP contribution < -0.4 is 10.1 Å². The highest BCUT2D eigenvalue weighted by molar-refractivity contribution is 5.29. The lowest BCUT2D eigenvalue weighted by atomic mass is 10.1. The van der Waals surface area contributed by atoms with Crippen LogP contribution in [0.2, 0.25) is 0 Å². The molecular formula is C14H14F3N3O. The van der Waals surface area contributed by atoms with Crippen molar-refractivity contribution in [3.63, 3.8) is 0 Å². The van der Waals surface area contributed by atoms with Gasteiger partial charge in [-0.15, -0.1) is 13.2 Å². The first-order valence-electron chi connectivity index (χ1n) is 6.28. The van der Waals surface area contributed by atoms with Crippen molar-refractivity contribution in [1.82, 2.24) is 15.3 Å². The molecule has 2 rings (SSSR count). The van der Waals surface area contributed by atoms with Gasteiger partial charge in [-0.1, -0.05) is 12.1 Å². The maximum Gasteiger partial charge on any atom is 0.573 e. The van der Waals surface area contributed by atoms with Crippen LogP contribution in [0.1, 0.15) is 24.2 Å². The van der Waals surface area contributed by atoms with Crippen LogP contribution in [0.3, 0.4) is 0 Å². The lowest BCUT2D eigenvalue weighted by Gasteiger charge is -2.15. The minimum absolute atomic E-state index is 0.0279. The predicted octanol–water partition coefficient (Wildman–Crippen LogP) is 3.23. The van der Waals surface area contributed by atoms with Crippen molar-refractivity contribution >= 4 is 0 Å². The minimum atomic E-state index is -4.67. The van der Waals surface area contributed by atoms with Crippen molar-refractivity contribution in [1.29, 1.82) is 0 Å². The first kappa shape index (κ1) is 15.2. The van der Waals surface area contributed by atoms with Gasteiger partial charge < -0.3 is 10.1 Å². The molecule has 0 bridgehead atoms. The average Bonchev–Trinajstić information content (AvgIpc) is 2.45. The molecule has 0 aliphatic rings. The Balaban J connectivity index is 1.92. The number of hydrogen-bond acceptors (Lipinski definition) is 4. The zero-order chi connectivity index (χ0) is 15.3. The van der Waals surface area contributed by atoms with Gasteiger partial charge in [0.25, 0.3) is 0 Å². The molecule has 0 saturated heterocycles. The number of hydrogen-bond donors (Lipinski definition) is 1. The van der Waals surface area contributed by atoms with Crippen molar-refractivity contribution in [2.75, 3.05) is 0 Å². The molecule has 1 aromatic heterocycles. The fourth-order valence-corrected chi connectivity index (χ4v) is 1.76. The Bertz CT molecular complexity index is 558. The van der Waals surface area contributed by atoms with Gasteiger partial charge in [-0.25, -0.2) is 9.97 Å². The first-order chi connectivity index (χ1) is 9.94. The summed E-state index contributed by atoms with van der Waals surface area (Å²) in [6.45, 7) is 2.46. The van der Waals surface area contributed by atoms with E-state index in [1.54, 1.807) is 24.4 Å². The Morgan fingerprint density at radius 3 is 2.48 bits per heavy atom. The van der Waals surface area contributed by atoms with Crippen LogP contribution in [0.4, 0.5) is 13.2 Å². The van der Waals surface area contributed by atoms with Crippen LogP contribution in [0, 0.1) is 0 Å². The molecule has 21 heavy (non-hydrogen) atoms. The molecule has 1 N–H and O–H groups in total. The van der Waals surface area contributed by atoms with E-state index in [0.717, 1.165) is 11.3 Å². The molecule has 1 unspecified atom stereocenters. The van der Waals surface area contributed by atoms with Crippen LogP contribution in [-0.2, 0) is 6.54 Å². The normalized spacial score (nSPS) is 13.0. The van der Waals surface area contributed by atoms with Gasteiger partial charge in [0.1, 0.15) is 12.1 Å². The molecule has 0 spiro atoms. The second-order valence-electron chi connectivity index (χ2n) is 4.42. The van der Waals surface area contributed by atoms with E-state index < -0.39 is 6.36 Å². The topological polar surface area (TPSA) is 47.0 Å². The van der Waals surface area contributed by atoms with Crippen molar-refractivity contribution in [2.45, 2.75) is 25.9 Å². The predicted molar refractivity (Wildman–Crippen MR) is 70.4 cm³/mol. The highest BCUT2D eigenvalue weighted by Gasteiger charge is 2.30. The maximum absolute atomic E-state index is 12.1. The molecule has 0 aliphatic carbocycles. The number of nitrogens with zero attached hydrogens (tertiary/aromatic N) is 2. The van der Waals surface area contributed by atoms with Crippen LogP contribution in [0.5, 0.6) is 5.75 Å². The molecule has 0 saturated carbocycles. The third-order valence-electron chi connectivity index (χ3n) is 2.85. The number of nitrogens with one attached hydrogen (secondary N) is 1. The van der Waals surface area contributed by atoms with Gasteiger partial charge in [0.05, 0.1) is 5.69 Å². The zero-order valence-electron chi connectivity index (χ0n) is 11.3. The van der Waals surface area contributed by atoms with E-state index in [1.807, 2.05) is 6.92 Å². The quantitative estimate of drug-likeness (QED) is 0.920. The molecule has 1 heterocycles. The van der Waals surface area contributed by atoms with E-state index in [0.29, 0.717) is 6.54 Å². The van der Waals surface area contributed by atoms with Crippen LogP contribution in [0.25, 0.3) is 0 Å². The minimum Gasteiger partial charge on any atom is -0.406 e. The Labute approximate surface area is 120 Å². The summed E-state index contributed by atoms with van der Waals surface area (Å²) in [4.78, 5) is 7.91. The van der Waals surface area contributed by atoms with Crippen molar-refractivity contribution in [2.24, 2.45) is 0 Å². The molecule has 0 fully saturated rings. The summed E-state index contributed by atoms with van der Waals surface area (Å²) in [6, 6.07) is 7.55. The second-order valence-corrected chi connectivity index (χ2v) is 4.42. The van der Waals surface area contributed by atoms with Crippen molar-refractivity contribution < 1.29 is 17.9 Å². The Hall–Kier alpha value is -2.15. The van der Waals surface area contributed by atoms with Gasteiger partial charge >= 0.3 is 6.36 Å². The SMILES string of the molecule is CC(NCc1ccncn1)c1ccc(OC(F)(F)F)cc1. The smallest absolute Gasteiger partial charge is 0.406 e. The Kier molecular flexibility index (Phi) is 4.74. The van der Waals surface area contributed by atoms with E-state index >= 15 is 0 Å². The fourth-order valence-electron chi connectivity index (χ4n) is 1.76. The molecule has 0 amide bonds. The zero-order valence-corrected chi connectivity index (χ0v) is 11.3. The monoisotopic (exact) mass is 297 g/mol. The van der Waals surface area contributed by atoms with Gasteiger partial charge in [0, 0.05) is 18.8 Å². The number of ether oxygens (including phenoxy) is 1. The number of aromatic nitrogens is 2. The first-order valence-corrected chi connectivity index (χ1v) is 6.28. The Morgan fingerprint density at radius 1 is 1.19 bits per heavy atom. The number of halogens is 3. The van der Waals surface area contributed by atoms with Crippen LogP contribution in [0.15, 0.2) is 42.9 Å². The molecular weight excluding hydrogens is 283 g/mol. The maximum atomic E-state index is 12.1. The third kappa shape index (κ3) is 5.03. The summed E-state index contributed by atoms with van der Waals surface area (Å²) in [7, 11) is 0. The standard InChI is InChI=1S/C14H14F3N3O/c1-10(19-8-12-6-7-18-9-20-12)11-2-4-13(5-3-11)21-14(15,16)17/h2-7,9-10,19H,8H2,1H3. The lowest BCUT2D eigenvalue weighted by molar-refractivity contribution is -0.274. The van der Waals surface area contributed by atoms with Crippen LogP contribution >= 0.6 is 0 Å². The summed E-state index contributed by atoms with van der Waals surface area (Å²) in [6.07, 6.45) is -1.55. The highest BCUT2D eigenvalue weighted by atomic mass is 19.4. The highest BCUT2D eigenvalue weighted by Crippen LogP contribution is 2.24. The van der Waals surface area contributed by atoms with E-state index in [9.17, 15) is 13.2 Å². The number of rotatable bonds is 5. The lowest BCUT2D eigenvalue weighted by Crippen LogP contribution is -2.19.